The third kappa shape index (κ3) is 10.0. The first-order valence-electron chi connectivity index (χ1n) is 20.4. The van der Waals surface area contributed by atoms with Gasteiger partial charge in [0.2, 0.25) is 0 Å². The summed E-state index contributed by atoms with van der Waals surface area (Å²) in [4.78, 5) is 48.6. The fourth-order valence-electron chi connectivity index (χ4n) is 7.45. The van der Waals surface area contributed by atoms with Gasteiger partial charge in [-0.25, -0.2) is 9.97 Å². The number of aromatic amines is 2. The third-order valence-corrected chi connectivity index (χ3v) is 12.0. The Hall–Kier alpha value is -7.04. The van der Waals surface area contributed by atoms with Crippen molar-refractivity contribution in [2.24, 2.45) is 0 Å². The van der Waals surface area contributed by atoms with Crippen LogP contribution in [-0.2, 0) is 17.4 Å². The van der Waals surface area contributed by atoms with Crippen LogP contribution in [0.3, 0.4) is 0 Å². The maximum Gasteiger partial charge on any atom is 0.356 e. The number of imidazole rings is 2. The van der Waals surface area contributed by atoms with E-state index in [0.29, 0.717) is 34.1 Å². The van der Waals surface area contributed by atoms with Crippen molar-refractivity contribution >= 4 is 24.9 Å². The molecule has 6 N–H and O–H groups in total. The van der Waals surface area contributed by atoms with Crippen LogP contribution in [0.5, 0.6) is 11.5 Å². The minimum atomic E-state index is -4.35. The number of aromatic nitrogens is 4. The van der Waals surface area contributed by atoms with Crippen molar-refractivity contribution in [3.8, 4) is 68.0 Å². The molecule has 8 rings (SSSR count). The molecular weight excluding hydrogens is 810 g/mol. The van der Waals surface area contributed by atoms with Crippen LogP contribution in [0.25, 0.3) is 56.5 Å². The summed E-state index contributed by atoms with van der Waals surface area (Å²) in [6.45, 7) is 7.48. The first kappa shape index (κ1) is 44.0. The number of aryl methyl sites for hydroxylation is 6. The topological polar surface area (TPSA) is 176 Å². The van der Waals surface area contributed by atoms with E-state index < -0.39 is 7.60 Å². The molecule has 12 heteroatoms. The molecule has 0 unspecified atom stereocenters. The Morgan fingerprint density at radius 2 is 1.06 bits per heavy atom. The van der Waals surface area contributed by atoms with Crippen LogP contribution in [0.15, 0.2) is 127 Å². The summed E-state index contributed by atoms with van der Waals surface area (Å²) >= 11 is 0. The minimum Gasteiger partial charge on any atom is -0.507 e. The first-order chi connectivity index (χ1) is 30.1. The van der Waals surface area contributed by atoms with Crippen LogP contribution < -0.4 is 10.2 Å². The summed E-state index contributed by atoms with van der Waals surface area (Å²) < 4.78 is 11.5. The van der Waals surface area contributed by atoms with Gasteiger partial charge in [-0.3, -0.25) is 9.36 Å². The molecule has 63 heavy (non-hydrogen) atoms. The quantitative estimate of drug-likeness (QED) is 0.0546. The molecule has 2 aromatic heterocycles. The highest BCUT2D eigenvalue weighted by Gasteiger charge is 2.21. The van der Waals surface area contributed by atoms with Crippen LogP contribution >= 0.6 is 7.60 Å². The number of H-pyrrole nitrogens is 2. The Kier molecular flexibility index (Phi) is 12.9. The van der Waals surface area contributed by atoms with Crippen molar-refractivity contribution in [3.63, 3.8) is 0 Å². The van der Waals surface area contributed by atoms with Gasteiger partial charge in [0.25, 0.3) is 0 Å². The molecule has 320 valence electrons. The van der Waals surface area contributed by atoms with Crippen LogP contribution in [0.2, 0.25) is 0 Å². The molecule has 0 saturated carbocycles. The zero-order valence-electron chi connectivity index (χ0n) is 36.0. The number of hydrogen-bond acceptors (Lipinski definition) is 7. The van der Waals surface area contributed by atoms with E-state index in [2.05, 4.69) is 63.4 Å². The largest absolute Gasteiger partial charge is 0.507 e. The summed E-state index contributed by atoms with van der Waals surface area (Å²) in [5, 5.41) is 20.2. The number of aldehydes is 1. The van der Waals surface area contributed by atoms with Crippen molar-refractivity contribution in [1.29, 1.82) is 0 Å². The maximum atomic E-state index is 11.5. The van der Waals surface area contributed by atoms with E-state index in [-0.39, 0.29) is 11.1 Å². The lowest BCUT2D eigenvalue weighted by molar-refractivity contribution is 0.112. The second-order valence-corrected chi connectivity index (χ2v) is 17.5. The Bertz CT molecular complexity index is 2890. The lowest BCUT2D eigenvalue weighted by Gasteiger charge is -2.12. The zero-order valence-corrected chi connectivity index (χ0v) is 36.9. The number of anilines is 1. The third-order valence-electron chi connectivity index (χ3n) is 11.0. The van der Waals surface area contributed by atoms with Crippen molar-refractivity contribution in [1.82, 2.24) is 19.9 Å². The normalized spacial score (nSPS) is 11.2. The maximum absolute atomic E-state index is 11.5. The zero-order chi connectivity index (χ0) is 45.0. The Morgan fingerprint density at radius 1 is 0.587 bits per heavy atom. The molecule has 11 nitrogen and oxygen atoms in total. The smallest absolute Gasteiger partial charge is 0.356 e. The van der Waals surface area contributed by atoms with Gasteiger partial charge in [-0.2, -0.15) is 0 Å². The van der Waals surface area contributed by atoms with Gasteiger partial charge in [0.15, 0.2) is 0 Å². The van der Waals surface area contributed by atoms with Gasteiger partial charge < -0.3 is 34.9 Å². The number of carbonyl (C=O) groups is 1. The molecule has 8 aromatic rings. The number of aromatic hydroxyl groups is 2. The van der Waals surface area contributed by atoms with Gasteiger partial charge in [-0.1, -0.05) is 78.9 Å². The van der Waals surface area contributed by atoms with E-state index in [1.807, 2.05) is 72.1 Å². The van der Waals surface area contributed by atoms with Gasteiger partial charge in [0, 0.05) is 58.9 Å². The van der Waals surface area contributed by atoms with E-state index in [4.69, 9.17) is 9.97 Å². The summed E-state index contributed by atoms with van der Waals surface area (Å²) in [6, 6.07) is 39.7. The minimum absolute atomic E-state index is 0.0670. The van der Waals surface area contributed by atoms with Crippen LogP contribution in [0.1, 0.15) is 43.9 Å². The fraction of sp³-hybridized carbons (Fsp3) is 0.157. The Morgan fingerprint density at radius 3 is 1.57 bits per heavy atom. The summed E-state index contributed by atoms with van der Waals surface area (Å²) in [7, 11) is -0.261. The molecule has 0 aliphatic heterocycles. The standard InChI is InChI=1S/C27H29N3O.C24H21N2O5P/c1-18-16-22(17-19(2)26(18)31)27-28-24(15-10-20-8-6-5-7-9-20)25(29-27)21-11-13-23(14-12-21)30(3)4;1-14-11-19(12-15(2)23(14)28)24-25-21(17-5-3-16(13-27)4-6-17)22(26-24)18-7-9-20(10-8-18)32(29,30)31/h5-9,11-14,16-17,31H,10,15H2,1-4H3,(H,28,29);3-13,28H,1-2H3,(H,25,26)(H2,29,30,31). The molecule has 0 bridgehead atoms. The predicted molar refractivity (Wildman–Crippen MR) is 252 cm³/mol. The molecule has 0 spiro atoms. The Balaban J connectivity index is 0.000000189. The Labute approximate surface area is 367 Å². The van der Waals surface area contributed by atoms with E-state index in [9.17, 15) is 29.4 Å². The van der Waals surface area contributed by atoms with Crippen LogP contribution in [0.4, 0.5) is 5.69 Å². The molecule has 0 aliphatic carbocycles. The molecular formula is C51H50N5O6P. The number of nitrogens with one attached hydrogen (secondary N) is 2. The summed E-state index contributed by atoms with van der Waals surface area (Å²) in [6.07, 6.45) is 2.58. The summed E-state index contributed by atoms with van der Waals surface area (Å²) in [5.74, 6) is 2.00. The second kappa shape index (κ2) is 18.5. The van der Waals surface area contributed by atoms with Crippen molar-refractivity contribution in [3.05, 3.63) is 166 Å². The number of phenols is 2. The number of benzene rings is 6. The van der Waals surface area contributed by atoms with Crippen molar-refractivity contribution in [2.75, 3.05) is 19.0 Å². The first-order valence-corrected chi connectivity index (χ1v) is 22.0. The average Bonchev–Trinajstić information content (AvgIpc) is 3.93. The van der Waals surface area contributed by atoms with Crippen molar-refractivity contribution in [2.45, 2.75) is 40.5 Å². The number of carbonyl (C=O) groups excluding carboxylic acids is 1. The number of hydrogen-bond donors (Lipinski definition) is 6. The van der Waals surface area contributed by atoms with Crippen LogP contribution in [0, 0.1) is 27.7 Å². The molecule has 0 atom stereocenters. The van der Waals surface area contributed by atoms with E-state index >= 15 is 0 Å². The lowest BCUT2D eigenvalue weighted by atomic mass is 10.0. The van der Waals surface area contributed by atoms with E-state index in [0.717, 1.165) is 86.5 Å². The molecule has 0 saturated heterocycles. The number of rotatable bonds is 11. The number of phenolic OH excluding ortho intramolecular Hbond substituents is 2. The molecule has 0 radical (unpaired) electrons. The van der Waals surface area contributed by atoms with Crippen molar-refractivity contribution < 1.29 is 29.4 Å². The molecule has 2 heterocycles. The van der Waals surface area contributed by atoms with Gasteiger partial charge in [-0.05, 0) is 117 Å². The molecule has 0 aliphatic rings. The predicted octanol–water partition coefficient (Wildman–Crippen LogP) is 10.3. The van der Waals surface area contributed by atoms with Gasteiger partial charge in [0.05, 0.1) is 22.4 Å². The molecule has 0 fully saturated rings. The molecule has 6 aromatic carbocycles. The highest BCUT2D eigenvalue weighted by molar-refractivity contribution is 7.60. The van der Waals surface area contributed by atoms with Gasteiger partial charge >= 0.3 is 7.60 Å². The monoisotopic (exact) mass is 859 g/mol. The van der Waals surface area contributed by atoms with E-state index in [1.165, 1.54) is 17.7 Å². The highest BCUT2D eigenvalue weighted by Crippen LogP contribution is 2.38. The lowest BCUT2D eigenvalue weighted by Crippen LogP contribution is -2.07. The molecule has 0 amide bonds. The average molecular weight is 860 g/mol. The van der Waals surface area contributed by atoms with Gasteiger partial charge in [-0.15, -0.1) is 0 Å². The SMILES string of the molecule is Cc1cc(-c2nc(-c3ccc(C=O)cc3)c(-c3ccc(P(=O)(O)O)cc3)[nH]2)cc(C)c1O.Cc1cc(-c2nc(-c3ccc(N(C)C)cc3)c(CCc3ccccc3)[nH]2)cc(C)c1O. The van der Waals surface area contributed by atoms with Gasteiger partial charge in [0.1, 0.15) is 29.4 Å². The van der Waals surface area contributed by atoms with E-state index in [1.54, 1.807) is 36.4 Å². The highest BCUT2D eigenvalue weighted by atomic mass is 31.2. The van der Waals surface area contributed by atoms with Crippen LogP contribution in [-0.4, -0.2) is 60.3 Å². The number of nitrogens with zero attached hydrogens (tertiary/aromatic N) is 3. The second-order valence-electron chi connectivity index (χ2n) is 15.9. The fourth-order valence-corrected chi connectivity index (χ4v) is 7.99. The summed E-state index contributed by atoms with van der Waals surface area (Å²) in [5.41, 5.74) is 13.9.